The Balaban J connectivity index is 3.51. The lowest BCUT2D eigenvalue weighted by Gasteiger charge is -2.12. The monoisotopic (exact) mass is 230 g/mol. The van der Waals surface area contributed by atoms with Gasteiger partial charge in [0.1, 0.15) is 0 Å². The van der Waals surface area contributed by atoms with Crippen molar-refractivity contribution in [3.63, 3.8) is 0 Å². The number of rotatable bonds is 9. The van der Waals surface area contributed by atoms with Crippen molar-refractivity contribution in [3.8, 4) is 0 Å². The van der Waals surface area contributed by atoms with Crippen molar-refractivity contribution in [1.82, 2.24) is 5.32 Å². The Morgan fingerprint density at radius 2 is 1.94 bits per heavy atom. The van der Waals surface area contributed by atoms with Gasteiger partial charge in [0, 0.05) is 19.6 Å². The highest BCUT2D eigenvalue weighted by Crippen LogP contribution is 2.08. The molecule has 0 aliphatic heterocycles. The van der Waals surface area contributed by atoms with Gasteiger partial charge >= 0.3 is 0 Å². The number of nitrogens with one attached hydrogen (secondary N) is 1. The third-order valence-corrected chi connectivity index (χ3v) is 2.79. The van der Waals surface area contributed by atoms with E-state index in [9.17, 15) is 4.79 Å². The molecule has 0 bridgehead atoms. The predicted octanol–water partition coefficient (Wildman–Crippen LogP) is 0.886. The van der Waals surface area contributed by atoms with E-state index in [0.29, 0.717) is 31.3 Å². The molecule has 1 amide bonds. The van der Waals surface area contributed by atoms with E-state index in [4.69, 9.17) is 10.8 Å². The summed E-state index contributed by atoms with van der Waals surface area (Å²) in [6.45, 7) is 5.67. The standard InChI is InChI=1S/C12H26N2O2/c1-10(5-7-13)3-4-12(16)14-9-11(2)6-8-15/h10-11,15H,3-9,13H2,1-2H3,(H,14,16). The molecule has 0 saturated carbocycles. The highest BCUT2D eigenvalue weighted by Gasteiger charge is 2.07. The fourth-order valence-electron chi connectivity index (χ4n) is 1.51. The lowest BCUT2D eigenvalue weighted by molar-refractivity contribution is -0.121. The Bertz CT molecular complexity index is 168. The average molecular weight is 230 g/mol. The normalized spacial score (nSPS) is 14.5. The number of aliphatic hydroxyl groups is 1. The number of carbonyl (C=O) groups excluding carboxylic acids is 1. The van der Waals surface area contributed by atoms with E-state index in [2.05, 4.69) is 12.2 Å². The van der Waals surface area contributed by atoms with Crippen LogP contribution in [-0.4, -0.2) is 30.7 Å². The van der Waals surface area contributed by atoms with Gasteiger partial charge in [0.25, 0.3) is 0 Å². The summed E-state index contributed by atoms with van der Waals surface area (Å²) < 4.78 is 0. The van der Waals surface area contributed by atoms with Crippen molar-refractivity contribution in [3.05, 3.63) is 0 Å². The molecule has 2 atom stereocenters. The van der Waals surface area contributed by atoms with Crippen LogP contribution in [0.4, 0.5) is 0 Å². The topological polar surface area (TPSA) is 75.4 Å². The molecule has 2 unspecified atom stereocenters. The molecule has 0 fully saturated rings. The molecule has 4 nitrogen and oxygen atoms in total. The SMILES string of the molecule is CC(CCN)CCC(=O)NCC(C)CCO. The number of carbonyl (C=O) groups is 1. The third kappa shape index (κ3) is 8.68. The van der Waals surface area contributed by atoms with Crippen LogP contribution in [0.25, 0.3) is 0 Å². The minimum atomic E-state index is 0.105. The highest BCUT2D eigenvalue weighted by atomic mass is 16.3. The van der Waals surface area contributed by atoms with E-state index in [-0.39, 0.29) is 12.5 Å². The largest absolute Gasteiger partial charge is 0.396 e. The lowest BCUT2D eigenvalue weighted by atomic mass is 10.0. The van der Waals surface area contributed by atoms with Crippen molar-refractivity contribution in [2.24, 2.45) is 17.6 Å². The number of hydrogen-bond donors (Lipinski definition) is 3. The molecule has 0 aromatic rings. The van der Waals surface area contributed by atoms with Crippen LogP contribution in [-0.2, 0) is 4.79 Å². The van der Waals surface area contributed by atoms with Crippen molar-refractivity contribution in [2.75, 3.05) is 19.7 Å². The van der Waals surface area contributed by atoms with Crippen molar-refractivity contribution in [1.29, 1.82) is 0 Å². The smallest absolute Gasteiger partial charge is 0.220 e. The molecular weight excluding hydrogens is 204 g/mol. The molecule has 0 rings (SSSR count). The van der Waals surface area contributed by atoms with Crippen LogP contribution in [0.3, 0.4) is 0 Å². The zero-order valence-electron chi connectivity index (χ0n) is 10.5. The fraction of sp³-hybridized carbons (Fsp3) is 0.917. The van der Waals surface area contributed by atoms with Gasteiger partial charge in [0.15, 0.2) is 0 Å². The average Bonchev–Trinajstić information content (AvgIpc) is 2.24. The Labute approximate surface area is 98.6 Å². The zero-order valence-corrected chi connectivity index (χ0v) is 10.5. The number of aliphatic hydroxyl groups excluding tert-OH is 1. The summed E-state index contributed by atoms with van der Waals surface area (Å²) in [6, 6.07) is 0. The van der Waals surface area contributed by atoms with Gasteiger partial charge in [-0.2, -0.15) is 0 Å². The molecule has 0 aromatic heterocycles. The van der Waals surface area contributed by atoms with Crippen molar-refractivity contribution < 1.29 is 9.90 Å². The van der Waals surface area contributed by atoms with Gasteiger partial charge in [0.05, 0.1) is 0 Å². The molecule has 0 saturated heterocycles. The first-order valence-corrected chi connectivity index (χ1v) is 6.17. The highest BCUT2D eigenvalue weighted by molar-refractivity contribution is 5.75. The van der Waals surface area contributed by atoms with Gasteiger partial charge in [-0.3, -0.25) is 4.79 Å². The molecule has 0 radical (unpaired) electrons. The predicted molar refractivity (Wildman–Crippen MR) is 65.9 cm³/mol. The third-order valence-electron chi connectivity index (χ3n) is 2.79. The minimum absolute atomic E-state index is 0.105. The van der Waals surface area contributed by atoms with Crippen LogP contribution in [0, 0.1) is 11.8 Å². The van der Waals surface area contributed by atoms with Gasteiger partial charge in [-0.05, 0) is 37.6 Å². The van der Waals surface area contributed by atoms with Crippen molar-refractivity contribution in [2.45, 2.75) is 39.5 Å². The minimum Gasteiger partial charge on any atom is -0.396 e. The molecule has 4 N–H and O–H groups in total. The van der Waals surface area contributed by atoms with Crippen LogP contribution in [0.1, 0.15) is 39.5 Å². The van der Waals surface area contributed by atoms with Crippen LogP contribution in [0.2, 0.25) is 0 Å². The molecule has 0 aliphatic rings. The van der Waals surface area contributed by atoms with Crippen LogP contribution in [0.15, 0.2) is 0 Å². The van der Waals surface area contributed by atoms with Gasteiger partial charge in [-0.1, -0.05) is 13.8 Å². The number of nitrogens with two attached hydrogens (primary N) is 1. The molecule has 16 heavy (non-hydrogen) atoms. The molecule has 4 heteroatoms. The number of amides is 1. The molecule has 0 aromatic carbocycles. The zero-order chi connectivity index (χ0) is 12.4. The van der Waals surface area contributed by atoms with Gasteiger partial charge in [0.2, 0.25) is 5.91 Å². The van der Waals surface area contributed by atoms with Crippen LogP contribution < -0.4 is 11.1 Å². The first-order valence-electron chi connectivity index (χ1n) is 6.17. The maximum absolute atomic E-state index is 11.5. The van der Waals surface area contributed by atoms with Gasteiger partial charge in [-0.15, -0.1) is 0 Å². The number of hydrogen-bond acceptors (Lipinski definition) is 3. The van der Waals surface area contributed by atoms with E-state index >= 15 is 0 Å². The van der Waals surface area contributed by atoms with Gasteiger partial charge < -0.3 is 16.2 Å². The molecule has 0 aliphatic carbocycles. The summed E-state index contributed by atoms with van der Waals surface area (Å²) in [6.07, 6.45) is 3.20. The summed E-state index contributed by atoms with van der Waals surface area (Å²) in [4.78, 5) is 11.5. The van der Waals surface area contributed by atoms with E-state index in [1.54, 1.807) is 0 Å². The Hall–Kier alpha value is -0.610. The lowest BCUT2D eigenvalue weighted by Crippen LogP contribution is -2.28. The van der Waals surface area contributed by atoms with E-state index in [1.807, 2.05) is 6.92 Å². The van der Waals surface area contributed by atoms with Gasteiger partial charge in [-0.25, -0.2) is 0 Å². The van der Waals surface area contributed by atoms with E-state index in [0.717, 1.165) is 19.3 Å². The summed E-state index contributed by atoms with van der Waals surface area (Å²) in [5.41, 5.74) is 5.44. The van der Waals surface area contributed by atoms with E-state index in [1.165, 1.54) is 0 Å². The first kappa shape index (κ1) is 15.4. The van der Waals surface area contributed by atoms with Crippen LogP contribution in [0.5, 0.6) is 0 Å². The second-order valence-corrected chi connectivity index (χ2v) is 4.64. The van der Waals surface area contributed by atoms with E-state index < -0.39 is 0 Å². The Kier molecular flexibility index (Phi) is 9.24. The molecular formula is C12H26N2O2. The summed E-state index contributed by atoms with van der Waals surface area (Å²) >= 11 is 0. The molecule has 0 spiro atoms. The summed E-state index contributed by atoms with van der Waals surface area (Å²) in [7, 11) is 0. The second-order valence-electron chi connectivity index (χ2n) is 4.64. The first-order chi connectivity index (χ1) is 7.60. The molecule has 0 heterocycles. The molecule has 96 valence electrons. The Morgan fingerprint density at radius 1 is 1.25 bits per heavy atom. The second kappa shape index (κ2) is 9.60. The van der Waals surface area contributed by atoms with Crippen molar-refractivity contribution >= 4 is 5.91 Å². The maximum atomic E-state index is 11.5. The Morgan fingerprint density at radius 3 is 2.50 bits per heavy atom. The summed E-state index contributed by atoms with van der Waals surface area (Å²) in [5, 5.41) is 11.6. The fourth-order valence-corrected chi connectivity index (χ4v) is 1.51. The van der Waals surface area contributed by atoms with Crippen LogP contribution >= 0.6 is 0 Å². The maximum Gasteiger partial charge on any atom is 0.220 e. The quantitative estimate of drug-likeness (QED) is 0.550. The summed E-state index contributed by atoms with van der Waals surface area (Å²) in [5.74, 6) is 0.967.